The lowest BCUT2D eigenvalue weighted by Crippen LogP contribution is -2.41. The number of nitrogens with one attached hydrogen (secondary N) is 1. The number of thioether (sulfide) groups is 1. The zero-order chi connectivity index (χ0) is 23.0. The maximum absolute atomic E-state index is 12.5. The summed E-state index contributed by atoms with van der Waals surface area (Å²) in [5, 5.41) is 12.4. The third kappa shape index (κ3) is 5.78. The Balaban J connectivity index is 1.34. The number of aromatic nitrogens is 3. The van der Waals surface area contributed by atoms with Crippen molar-refractivity contribution >= 4 is 17.7 Å². The smallest absolute Gasteiger partial charge is 0.230 e. The van der Waals surface area contributed by atoms with Crippen LogP contribution in [0, 0.1) is 0 Å². The quantitative estimate of drug-likeness (QED) is 0.453. The molecule has 1 atom stereocenters. The van der Waals surface area contributed by atoms with Crippen LogP contribution in [-0.4, -0.2) is 52.8 Å². The number of nitrogens with zero attached hydrogens (tertiary/aromatic N) is 3. The lowest BCUT2D eigenvalue weighted by Gasteiger charge is -2.26. The molecule has 174 valence electrons. The molecule has 0 spiro atoms. The Morgan fingerprint density at radius 1 is 1.18 bits per heavy atom. The first-order valence-electron chi connectivity index (χ1n) is 11.0. The minimum Gasteiger partial charge on any atom is -0.497 e. The van der Waals surface area contributed by atoms with Gasteiger partial charge in [0.05, 0.1) is 19.4 Å². The van der Waals surface area contributed by atoms with Crippen molar-refractivity contribution in [3.63, 3.8) is 0 Å². The van der Waals surface area contributed by atoms with Gasteiger partial charge in [-0.15, -0.1) is 10.2 Å². The van der Waals surface area contributed by atoms with Gasteiger partial charge in [-0.2, -0.15) is 0 Å². The van der Waals surface area contributed by atoms with Gasteiger partial charge in [0.15, 0.2) is 22.5 Å². The van der Waals surface area contributed by atoms with Gasteiger partial charge in [-0.05, 0) is 42.8 Å². The molecule has 0 radical (unpaired) electrons. The summed E-state index contributed by atoms with van der Waals surface area (Å²) in [6.45, 7) is 3.73. The van der Waals surface area contributed by atoms with Crippen LogP contribution >= 0.6 is 11.8 Å². The van der Waals surface area contributed by atoms with Gasteiger partial charge in [0, 0.05) is 12.1 Å². The summed E-state index contributed by atoms with van der Waals surface area (Å²) in [7, 11) is 1.64. The van der Waals surface area contributed by atoms with Gasteiger partial charge in [0.1, 0.15) is 18.5 Å². The molecule has 33 heavy (non-hydrogen) atoms. The van der Waals surface area contributed by atoms with E-state index in [1.165, 1.54) is 11.8 Å². The molecule has 2 heterocycles. The van der Waals surface area contributed by atoms with Crippen molar-refractivity contribution in [1.29, 1.82) is 0 Å². The number of para-hydroxylation sites is 2. The molecule has 9 heteroatoms. The maximum atomic E-state index is 12.5. The Hall–Kier alpha value is -3.20. The predicted molar refractivity (Wildman–Crippen MR) is 127 cm³/mol. The minimum absolute atomic E-state index is 0.0847. The van der Waals surface area contributed by atoms with Crippen LogP contribution in [-0.2, 0) is 11.3 Å². The van der Waals surface area contributed by atoms with Gasteiger partial charge in [0.25, 0.3) is 0 Å². The molecule has 0 bridgehead atoms. The van der Waals surface area contributed by atoms with E-state index in [1.807, 2.05) is 48.5 Å². The fourth-order valence-electron chi connectivity index (χ4n) is 3.44. The summed E-state index contributed by atoms with van der Waals surface area (Å²) in [5.41, 5.74) is 0.963. The van der Waals surface area contributed by atoms with Crippen molar-refractivity contribution in [2.75, 3.05) is 26.0 Å². The van der Waals surface area contributed by atoms with E-state index in [2.05, 4.69) is 27.0 Å². The molecule has 4 rings (SSSR count). The summed E-state index contributed by atoms with van der Waals surface area (Å²) < 4.78 is 18.9. The minimum atomic E-state index is -0.219. The Morgan fingerprint density at radius 3 is 2.73 bits per heavy atom. The number of carbonyl (C=O) groups excluding carboxylic acids is 1. The van der Waals surface area contributed by atoms with E-state index >= 15 is 0 Å². The van der Waals surface area contributed by atoms with Gasteiger partial charge >= 0.3 is 0 Å². The van der Waals surface area contributed by atoms with Gasteiger partial charge in [-0.3, -0.25) is 4.79 Å². The summed E-state index contributed by atoms with van der Waals surface area (Å²) in [4.78, 5) is 12.5. The number of rotatable bonds is 10. The fraction of sp³-hybridized carbons (Fsp3) is 0.375. The molecule has 8 nitrogen and oxygen atoms in total. The third-order valence-corrected chi connectivity index (χ3v) is 6.19. The van der Waals surface area contributed by atoms with Crippen molar-refractivity contribution in [2.45, 2.75) is 37.6 Å². The molecule has 3 aromatic rings. The number of fused-ring (bicyclic) bond motifs is 1. The highest BCUT2D eigenvalue weighted by Crippen LogP contribution is 2.30. The molecule has 1 N–H and O–H groups in total. The lowest BCUT2D eigenvalue weighted by molar-refractivity contribution is -0.119. The van der Waals surface area contributed by atoms with E-state index in [4.69, 9.17) is 14.2 Å². The van der Waals surface area contributed by atoms with Crippen LogP contribution in [0.4, 0.5) is 0 Å². The third-order valence-electron chi connectivity index (χ3n) is 5.23. The summed E-state index contributed by atoms with van der Waals surface area (Å²) in [6.07, 6.45) is 1.84. The van der Waals surface area contributed by atoms with E-state index in [9.17, 15) is 4.79 Å². The molecule has 0 fully saturated rings. The number of amides is 1. The monoisotopic (exact) mass is 468 g/mol. The van der Waals surface area contributed by atoms with Crippen molar-refractivity contribution < 1.29 is 19.0 Å². The summed E-state index contributed by atoms with van der Waals surface area (Å²) >= 11 is 1.38. The number of benzene rings is 2. The number of hydrogen-bond donors (Lipinski definition) is 1. The number of ether oxygens (including phenoxy) is 3. The highest BCUT2D eigenvalue weighted by molar-refractivity contribution is 7.99. The first kappa shape index (κ1) is 23.0. The average molecular weight is 469 g/mol. The Kier molecular flexibility index (Phi) is 7.72. The molecule has 0 aliphatic carbocycles. The van der Waals surface area contributed by atoms with Gasteiger partial charge in [0.2, 0.25) is 5.91 Å². The number of hydrogen-bond acceptors (Lipinski definition) is 7. The summed E-state index contributed by atoms with van der Waals surface area (Å²) in [5.74, 6) is 3.18. The zero-order valence-corrected chi connectivity index (χ0v) is 19.6. The van der Waals surface area contributed by atoms with E-state index in [-0.39, 0.29) is 17.8 Å². The number of carbonyl (C=O) groups is 1. The first-order valence-corrected chi connectivity index (χ1v) is 12.0. The highest BCUT2D eigenvalue weighted by Gasteiger charge is 2.21. The van der Waals surface area contributed by atoms with E-state index in [0.717, 1.165) is 47.4 Å². The van der Waals surface area contributed by atoms with Crippen molar-refractivity contribution in [3.05, 3.63) is 48.5 Å². The molecule has 1 amide bonds. The van der Waals surface area contributed by atoms with Crippen LogP contribution in [0.2, 0.25) is 0 Å². The van der Waals surface area contributed by atoms with Crippen molar-refractivity contribution in [2.24, 2.45) is 0 Å². The van der Waals surface area contributed by atoms with E-state index < -0.39 is 0 Å². The van der Waals surface area contributed by atoms with Gasteiger partial charge in [-0.25, -0.2) is 0 Å². The highest BCUT2D eigenvalue weighted by atomic mass is 32.2. The molecular formula is C24H28N4O4S. The standard InChI is InChI=1S/C24H28N4O4S/c1-3-4-13-28-23(17-9-11-18(30-2)12-10-17)26-27-24(28)33-16-22(29)25-14-19-15-31-20-7-5-6-8-21(20)32-19/h5-12,19H,3-4,13-16H2,1-2H3,(H,25,29). The SMILES string of the molecule is CCCCn1c(SCC(=O)NCC2COc3ccccc3O2)nnc1-c1ccc(OC)cc1. The Morgan fingerprint density at radius 2 is 1.97 bits per heavy atom. The van der Waals surface area contributed by atoms with Gasteiger partial charge < -0.3 is 24.1 Å². The molecule has 0 saturated heterocycles. The largest absolute Gasteiger partial charge is 0.497 e. The molecule has 2 aromatic carbocycles. The summed E-state index contributed by atoms with van der Waals surface area (Å²) in [6, 6.07) is 15.3. The van der Waals surface area contributed by atoms with E-state index in [1.54, 1.807) is 7.11 Å². The number of unbranched alkanes of at least 4 members (excludes halogenated alkanes) is 1. The normalized spacial score (nSPS) is 14.7. The van der Waals surface area contributed by atoms with Crippen molar-refractivity contribution in [1.82, 2.24) is 20.1 Å². The predicted octanol–water partition coefficient (Wildman–Crippen LogP) is 3.80. The topological polar surface area (TPSA) is 87.5 Å². The first-order chi connectivity index (χ1) is 16.2. The zero-order valence-electron chi connectivity index (χ0n) is 18.8. The molecule has 1 aliphatic rings. The fourth-order valence-corrected chi connectivity index (χ4v) is 4.23. The van der Waals surface area contributed by atoms with Crippen LogP contribution < -0.4 is 19.5 Å². The molecule has 1 aliphatic heterocycles. The number of methoxy groups -OCH3 is 1. The molecule has 1 aromatic heterocycles. The molecule has 0 saturated carbocycles. The van der Waals surface area contributed by atoms with Gasteiger partial charge in [-0.1, -0.05) is 37.2 Å². The van der Waals surface area contributed by atoms with Crippen LogP contribution in [0.1, 0.15) is 19.8 Å². The Bertz CT molecular complexity index is 1070. The van der Waals surface area contributed by atoms with E-state index in [0.29, 0.717) is 18.9 Å². The lowest BCUT2D eigenvalue weighted by atomic mass is 10.2. The maximum Gasteiger partial charge on any atom is 0.230 e. The second kappa shape index (κ2) is 11.1. The second-order valence-electron chi connectivity index (χ2n) is 7.63. The van der Waals surface area contributed by atoms with Crippen LogP contribution in [0.3, 0.4) is 0 Å². The molecule has 1 unspecified atom stereocenters. The van der Waals surface area contributed by atoms with Crippen LogP contribution in [0.15, 0.2) is 53.7 Å². The molecular weight excluding hydrogens is 440 g/mol. The Labute approximate surface area is 197 Å². The van der Waals surface area contributed by atoms with Crippen LogP contribution in [0.5, 0.6) is 17.2 Å². The van der Waals surface area contributed by atoms with Crippen molar-refractivity contribution in [3.8, 4) is 28.6 Å². The average Bonchev–Trinajstić information content (AvgIpc) is 3.27. The second-order valence-corrected chi connectivity index (χ2v) is 8.57. The van der Waals surface area contributed by atoms with Crippen LogP contribution in [0.25, 0.3) is 11.4 Å².